The van der Waals surface area contributed by atoms with Crippen molar-refractivity contribution in [1.29, 1.82) is 0 Å². The second-order valence-electron chi connectivity index (χ2n) is 7.16. The average Bonchev–Trinajstić information content (AvgIpc) is 3.15. The van der Waals surface area contributed by atoms with Crippen LogP contribution in [0.2, 0.25) is 0 Å². The molecule has 6 nitrogen and oxygen atoms in total. The van der Waals surface area contributed by atoms with Gasteiger partial charge in [0.2, 0.25) is 5.95 Å². The third-order valence-corrected chi connectivity index (χ3v) is 5.78. The zero-order valence-corrected chi connectivity index (χ0v) is 16.8. The van der Waals surface area contributed by atoms with Gasteiger partial charge in [-0.25, -0.2) is 15.0 Å². The molecule has 0 spiro atoms. The summed E-state index contributed by atoms with van der Waals surface area (Å²) in [5.41, 5.74) is 4.34. The van der Waals surface area contributed by atoms with Crippen LogP contribution in [0.25, 0.3) is 10.2 Å². The smallest absolute Gasteiger partial charge is 0.225 e. The number of nitrogens with zero attached hydrogens (tertiary/aromatic N) is 5. The van der Waals surface area contributed by atoms with E-state index in [0.29, 0.717) is 6.04 Å². The quantitative estimate of drug-likeness (QED) is 0.669. The van der Waals surface area contributed by atoms with Gasteiger partial charge < -0.3 is 9.64 Å². The monoisotopic (exact) mass is 383 g/mol. The number of piperazine rings is 1. The first-order valence-electron chi connectivity index (χ1n) is 9.41. The van der Waals surface area contributed by atoms with Gasteiger partial charge in [-0.3, -0.25) is 4.90 Å². The lowest BCUT2D eigenvalue weighted by Gasteiger charge is -2.38. The fourth-order valence-electron chi connectivity index (χ4n) is 3.46. The Morgan fingerprint density at radius 3 is 2.44 bits per heavy atom. The highest BCUT2D eigenvalue weighted by atomic mass is 32.1. The Morgan fingerprint density at radius 2 is 1.74 bits per heavy atom. The van der Waals surface area contributed by atoms with E-state index in [0.717, 1.165) is 43.4 Å². The van der Waals surface area contributed by atoms with Crippen molar-refractivity contribution in [2.75, 3.05) is 31.1 Å². The van der Waals surface area contributed by atoms with Crippen LogP contribution in [0.4, 0.5) is 5.95 Å². The highest BCUT2D eigenvalue weighted by molar-refractivity contribution is 7.16. The topological polar surface area (TPSA) is 54.4 Å². The van der Waals surface area contributed by atoms with E-state index in [4.69, 9.17) is 4.74 Å². The summed E-state index contributed by atoms with van der Waals surface area (Å²) in [6.07, 6.45) is 3.66. The summed E-state index contributed by atoms with van der Waals surface area (Å²) in [6, 6.07) is 7.01. The van der Waals surface area contributed by atoms with E-state index in [1.165, 1.54) is 10.3 Å². The van der Waals surface area contributed by atoms with E-state index in [1.807, 2.05) is 19.4 Å². The summed E-state index contributed by atoms with van der Waals surface area (Å²) in [4.78, 5) is 18.2. The molecule has 0 N–H and O–H groups in total. The van der Waals surface area contributed by atoms with E-state index in [9.17, 15) is 0 Å². The van der Waals surface area contributed by atoms with Crippen LogP contribution in [0.5, 0.6) is 5.75 Å². The van der Waals surface area contributed by atoms with Crippen molar-refractivity contribution in [1.82, 2.24) is 19.9 Å². The first-order chi connectivity index (χ1) is 13.1. The van der Waals surface area contributed by atoms with Crippen LogP contribution in [0.1, 0.15) is 32.4 Å². The minimum atomic E-state index is 0.132. The van der Waals surface area contributed by atoms with Crippen molar-refractivity contribution >= 4 is 27.5 Å². The van der Waals surface area contributed by atoms with E-state index in [-0.39, 0.29) is 6.10 Å². The standard InChI is InChI=1S/C20H25N5OS/c1-14(2)26-17-11-21-20(22-12-17)25-8-6-24(7-9-25)15(3)16-4-5-19-18(10-16)23-13-27-19/h4-5,10-15H,6-9H2,1-3H3. The molecule has 4 rings (SSSR count). The number of hydrogen-bond acceptors (Lipinski definition) is 7. The molecule has 1 aliphatic rings. The molecule has 2 aromatic heterocycles. The molecule has 1 unspecified atom stereocenters. The third-order valence-electron chi connectivity index (χ3n) is 4.97. The van der Waals surface area contributed by atoms with Crippen molar-refractivity contribution in [3.05, 3.63) is 41.7 Å². The number of benzene rings is 1. The Hall–Kier alpha value is -2.25. The van der Waals surface area contributed by atoms with Gasteiger partial charge in [0.15, 0.2) is 5.75 Å². The number of fused-ring (bicyclic) bond motifs is 1. The molecule has 1 saturated heterocycles. The van der Waals surface area contributed by atoms with E-state index >= 15 is 0 Å². The SMILES string of the molecule is CC(C)Oc1cnc(N2CCN(C(C)c3ccc4scnc4c3)CC2)nc1. The van der Waals surface area contributed by atoms with Crippen molar-refractivity contribution in [2.45, 2.75) is 32.9 Å². The van der Waals surface area contributed by atoms with Gasteiger partial charge in [-0.2, -0.15) is 0 Å². The van der Waals surface area contributed by atoms with Crippen LogP contribution in [-0.4, -0.2) is 52.1 Å². The Morgan fingerprint density at radius 1 is 1.00 bits per heavy atom. The lowest BCUT2D eigenvalue weighted by atomic mass is 10.1. The van der Waals surface area contributed by atoms with Gasteiger partial charge in [0.1, 0.15) is 0 Å². The molecule has 142 valence electrons. The Bertz CT molecular complexity index is 887. The van der Waals surface area contributed by atoms with Crippen LogP contribution in [-0.2, 0) is 0 Å². The molecule has 1 fully saturated rings. The summed E-state index contributed by atoms with van der Waals surface area (Å²) in [5.74, 6) is 1.50. The lowest BCUT2D eigenvalue weighted by molar-refractivity contribution is 0.197. The summed E-state index contributed by atoms with van der Waals surface area (Å²) < 4.78 is 6.87. The van der Waals surface area contributed by atoms with E-state index < -0.39 is 0 Å². The van der Waals surface area contributed by atoms with Crippen molar-refractivity contribution in [3.8, 4) is 5.75 Å². The van der Waals surface area contributed by atoms with E-state index in [2.05, 4.69) is 49.9 Å². The summed E-state index contributed by atoms with van der Waals surface area (Å²) >= 11 is 1.69. The number of ether oxygens (including phenoxy) is 1. The van der Waals surface area contributed by atoms with Gasteiger partial charge in [0, 0.05) is 32.2 Å². The number of anilines is 1. The lowest BCUT2D eigenvalue weighted by Crippen LogP contribution is -2.47. The van der Waals surface area contributed by atoms with Crippen molar-refractivity contribution in [3.63, 3.8) is 0 Å². The maximum Gasteiger partial charge on any atom is 0.225 e. The molecule has 1 atom stereocenters. The summed E-state index contributed by atoms with van der Waals surface area (Å²) in [6.45, 7) is 10.1. The molecule has 7 heteroatoms. The largest absolute Gasteiger partial charge is 0.488 e. The van der Waals surface area contributed by atoms with Gasteiger partial charge in [-0.05, 0) is 38.5 Å². The maximum atomic E-state index is 5.62. The van der Waals surface area contributed by atoms with Gasteiger partial charge in [0.25, 0.3) is 0 Å². The first kappa shape index (κ1) is 18.1. The van der Waals surface area contributed by atoms with Crippen LogP contribution < -0.4 is 9.64 Å². The minimum Gasteiger partial charge on any atom is -0.488 e. The van der Waals surface area contributed by atoms with Gasteiger partial charge in [-0.1, -0.05) is 6.07 Å². The Kier molecular flexibility index (Phi) is 5.22. The number of thiazole rings is 1. The zero-order chi connectivity index (χ0) is 18.8. The molecule has 3 heterocycles. The minimum absolute atomic E-state index is 0.132. The molecule has 0 saturated carbocycles. The molecule has 1 aromatic carbocycles. The fraction of sp³-hybridized carbons (Fsp3) is 0.450. The highest BCUT2D eigenvalue weighted by Crippen LogP contribution is 2.27. The van der Waals surface area contributed by atoms with Gasteiger partial charge in [0.05, 0.1) is 34.2 Å². The molecular weight excluding hydrogens is 358 g/mol. The van der Waals surface area contributed by atoms with Gasteiger partial charge >= 0.3 is 0 Å². The average molecular weight is 384 g/mol. The second kappa shape index (κ2) is 7.78. The summed E-state index contributed by atoms with van der Waals surface area (Å²) in [5, 5.41) is 0. The van der Waals surface area contributed by atoms with Gasteiger partial charge in [-0.15, -0.1) is 11.3 Å². The molecule has 0 bridgehead atoms. The first-order valence-corrected chi connectivity index (χ1v) is 10.3. The van der Waals surface area contributed by atoms with Crippen LogP contribution in [0.15, 0.2) is 36.1 Å². The maximum absolute atomic E-state index is 5.62. The number of rotatable bonds is 5. The van der Waals surface area contributed by atoms with Crippen molar-refractivity contribution in [2.24, 2.45) is 0 Å². The number of aromatic nitrogens is 3. The fourth-order valence-corrected chi connectivity index (χ4v) is 4.12. The molecule has 0 radical (unpaired) electrons. The Balaban J connectivity index is 1.37. The molecule has 3 aromatic rings. The number of hydrogen-bond donors (Lipinski definition) is 0. The zero-order valence-electron chi connectivity index (χ0n) is 16.0. The van der Waals surface area contributed by atoms with Crippen LogP contribution in [0.3, 0.4) is 0 Å². The highest BCUT2D eigenvalue weighted by Gasteiger charge is 2.23. The molecule has 0 aliphatic carbocycles. The normalized spacial score (nSPS) is 16.8. The molecule has 1 aliphatic heterocycles. The van der Waals surface area contributed by atoms with Crippen LogP contribution >= 0.6 is 11.3 Å². The van der Waals surface area contributed by atoms with Crippen molar-refractivity contribution < 1.29 is 4.74 Å². The third kappa shape index (κ3) is 4.04. The second-order valence-corrected chi connectivity index (χ2v) is 8.05. The van der Waals surface area contributed by atoms with Crippen LogP contribution in [0, 0.1) is 0 Å². The molecule has 0 amide bonds. The predicted octanol–water partition coefficient (Wildman–Crippen LogP) is 3.76. The van der Waals surface area contributed by atoms with E-state index in [1.54, 1.807) is 23.7 Å². The Labute approximate surface area is 163 Å². The predicted molar refractivity (Wildman–Crippen MR) is 110 cm³/mol. The summed E-state index contributed by atoms with van der Waals surface area (Å²) in [7, 11) is 0. The molecule has 27 heavy (non-hydrogen) atoms. The molecular formula is C20H25N5OS.